The third-order valence-corrected chi connectivity index (χ3v) is 2.69. The van der Waals surface area contributed by atoms with Gasteiger partial charge in [0, 0.05) is 23.9 Å². The number of carbonyl (C=O) groups excluding carboxylic acids is 1. The summed E-state index contributed by atoms with van der Waals surface area (Å²) in [5.74, 6) is 0.693. The van der Waals surface area contributed by atoms with Crippen LogP contribution in [0.5, 0.6) is 11.5 Å². The van der Waals surface area contributed by atoms with Gasteiger partial charge in [-0.1, -0.05) is 0 Å². The Labute approximate surface area is 115 Å². The zero-order valence-corrected chi connectivity index (χ0v) is 11.1. The maximum absolute atomic E-state index is 12.1. The maximum Gasteiger partial charge on any atom is 0.256 e. The average Bonchev–Trinajstić information content (AvgIpc) is 2.47. The van der Waals surface area contributed by atoms with Crippen molar-refractivity contribution in [3.63, 3.8) is 0 Å². The van der Waals surface area contributed by atoms with Crippen molar-refractivity contribution in [2.45, 2.75) is 0 Å². The lowest BCUT2D eigenvalue weighted by Gasteiger charge is -2.11. The van der Waals surface area contributed by atoms with Crippen LogP contribution in [0.25, 0.3) is 0 Å². The molecular weight excluding hydrogens is 260 g/mol. The van der Waals surface area contributed by atoms with Crippen LogP contribution in [0, 0.1) is 0 Å². The molecule has 0 atom stereocenters. The zero-order valence-electron chi connectivity index (χ0n) is 11.1. The molecule has 2 aromatic rings. The Bertz CT molecular complexity index is 679. The van der Waals surface area contributed by atoms with Gasteiger partial charge in [-0.2, -0.15) is 0 Å². The number of rotatable bonds is 4. The molecule has 0 saturated carbocycles. The fourth-order valence-corrected chi connectivity index (χ4v) is 1.69. The average molecular weight is 274 g/mol. The minimum absolute atomic E-state index is 0.263. The van der Waals surface area contributed by atoms with Crippen LogP contribution in [0.3, 0.4) is 0 Å². The van der Waals surface area contributed by atoms with Crippen molar-refractivity contribution in [3.8, 4) is 11.5 Å². The Morgan fingerprint density at radius 2 is 1.95 bits per heavy atom. The first-order valence-corrected chi connectivity index (χ1v) is 5.86. The molecular formula is C14H14N2O4. The van der Waals surface area contributed by atoms with Gasteiger partial charge in [-0.3, -0.25) is 9.59 Å². The van der Waals surface area contributed by atoms with E-state index in [-0.39, 0.29) is 11.1 Å². The van der Waals surface area contributed by atoms with E-state index in [0.29, 0.717) is 17.2 Å². The van der Waals surface area contributed by atoms with E-state index >= 15 is 0 Å². The van der Waals surface area contributed by atoms with Gasteiger partial charge in [0.1, 0.15) is 11.5 Å². The number of hydrogen-bond donors (Lipinski definition) is 2. The van der Waals surface area contributed by atoms with Gasteiger partial charge in [0.25, 0.3) is 5.91 Å². The number of ether oxygens (including phenoxy) is 2. The molecule has 6 nitrogen and oxygen atoms in total. The Balaban J connectivity index is 2.29. The summed E-state index contributed by atoms with van der Waals surface area (Å²) in [6.45, 7) is 0. The molecule has 0 bridgehead atoms. The summed E-state index contributed by atoms with van der Waals surface area (Å²) in [7, 11) is 3.04. The molecule has 1 aromatic heterocycles. The fraction of sp³-hybridized carbons (Fsp3) is 0.143. The lowest BCUT2D eigenvalue weighted by molar-refractivity contribution is 0.102. The van der Waals surface area contributed by atoms with Crippen LogP contribution >= 0.6 is 0 Å². The molecule has 1 heterocycles. The maximum atomic E-state index is 12.1. The van der Waals surface area contributed by atoms with Gasteiger partial charge in [-0.15, -0.1) is 0 Å². The van der Waals surface area contributed by atoms with Crippen molar-refractivity contribution >= 4 is 11.6 Å². The molecule has 0 aliphatic heterocycles. The molecule has 0 spiro atoms. The lowest BCUT2D eigenvalue weighted by atomic mass is 10.2. The van der Waals surface area contributed by atoms with E-state index in [1.807, 2.05) is 0 Å². The standard InChI is InChI=1S/C14H14N2O4/c1-19-10-3-4-12(20-2)11(8-10)16-14(18)9-5-6-15-13(17)7-9/h3-8H,1-2H3,(H,15,17)(H,16,18). The number of benzene rings is 1. The van der Waals surface area contributed by atoms with E-state index < -0.39 is 5.91 Å². The van der Waals surface area contributed by atoms with Gasteiger partial charge in [0.2, 0.25) is 5.56 Å². The lowest BCUT2D eigenvalue weighted by Crippen LogP contribution is -2.16. The van der Waals surface area contributed by atoms with Crippen LogP contribution in [0.2, 0.25) is 0 Å². The number of methoxy groups -OCH3 is 2. The van der Waals surface area contributed by atoms with Crippen molar-refractivity contribution in [1.29, 1.82) is 0 Å². The van der Waals surface area contributed by atoms with Crippen LogP contribution in [-0.2, 0) is 0 Å². The summed E-state index contributed by atoms with van der Waals surface area (Å²) >= 11 is 0. The van der Waals surface area contributed by atoms with Crippen LogP contribution in [0.4, 0.5) is 5.69 Å². The Morgan fingerprint density at radius 3 is 2.60 bits per heavy atom. The summed E-state index contributed by atoms with van der Waals surface area (Å²) in [6, 6.07) is 7.79. The number of amides is 1. The number of aromatic amines is 1. The van der Waals surface area contributed by atoms with E-state index in [0.717, 1.165) is 0 Å². The number of anilines is 1. The zero-order chi connectivity index (χ0) is 14.5. The topological polar surface area (TPSA) is 80.4 Å². The van der Waals surface area contributed by atoms with Crippen molar-refractivity contribution in [1.82, 2.24) is 4.98 Å². The number of aromatic nitrogens is 1. The molecule has 0 unspecified atom stereocenters. The molecule has 0 fully saturated rings. The van der Waals surface area contributed by atoms with Crippen molar-refractivity contribution in [2.75, 3.05) is 19.5 Å². The first-order chi connectivity index (χ1) is 9.63. The van der Waals surface area contributed by atoms with E-state index in [9.17, 15) is 9.59 Å². The van der Waals surface area contributed by atoms with Crippen LogP contribution in [0.15, 0.2) is 41.3 Å². The van der Waals surface area contributed by atoms with Gasteiger partial charge >= 0.3 is 0 Å². The van der Waals surface area contributed by atoms with Gasteiger partial charge in [0.05, 0.1) is 19.9 Å². The summed E-state index contributed by atoms with van der Waals surface area (Å²) in [5.41, 5.74) is 0.394. The van der Waals surface area contributed by atoms with E-state index in [2.05, 4.69) is 10.3 Å². The van der Waals surface area contributed by atoms with Crippen LogP contribution in [0.1, 0.15) is 10.4 Å². The predicted molar refractivity (Wildman–Crippen MR) is 74.6 cm³/mol. The minimum atomic E-state index is -0.400. The number of pyridine rings is 1. The number of hydrogen-bond acceptors (Lipinski definition) is 4. The Hall–Kier alpha value is -2.76. The second-order valence-electron chi connectivity index (χ2n) is 3.96. The second-order valence-corrected chi connectivity index (χ2v) is 3.96. The minimum Gasteiger partial charge on any atom is -0.497 e. The second kappa shape index (κ2) is 5.92. The molecule has 2 rings (SSSR count). The summed E-state index contributed by atoms with van der Waals surface area (Å²) in [4.78, 5) is 25.7. The third-order valence-electron chi connectivity index (χ3n) is 2.69. The molecule has 0 aliphatic rings. The fourth-order valence-electron chi connectivity index (χ4n) is 1.69. The van der Waals surface area contributed by atoms with Crippen molar-refractivity contribution in [3.05, 3.63) is 52.4 Å². The third kappa shape index (κ3) is 2.97. The first kappa shape index (κ1) is 13.7. The number of H-pyrrole nitrogens is 1. The van der Waals surface area contributed by atoms with Crippen LogP contribution < -0.4 is 20.3 Å². The van der Waals surface area contributed by atoms with Crippen LogP contribution in [-0.4, -0.2) is 25.1 Å². The highest BCUT2D eigenvalue weighted by molar-refractivity contribution is 6.05. The molecule has 104 valence electrons. The number of nitrogens with one attached hydrogen (secondary N) is 2. The van der Waals surface area contributed by atoms with Gasteiger partial charge in [-0.25, -0.2) is 0 Å². The van der Waals surface area contributed by atoms with Crippen molar-refractivity contribution in [2.24, 2.45) is 0 Å². The highest BCUT2D eigenvalue weighted by atomic mass is 16.5. The molecule has 2 N–H and O–H groups in total. The number of carbonyl (C=O) groups is 1. The normalized spacial score (nSPS) is 9.90. The molecule has 0 aliphatic carbocycles. The molecule has 20 heavy (non-hydrogen) atoms. The van der Waals surface area contributed by atoms with Crippen molar-refractivity contribution < 1.29 is 14.3 Å². The Morgan fingerprint density at radius 1 is 1.15 bits per heavy atom. The molecule has 1 aromatic carbocycles. The predicted octanol–water partition coefficient (Wildman–Crippen LogP) is 1.64. The van der Waals surface area contributed by atoms with Gasteiger partial charge in [0.15, 0.2) is 0 Å². The summed E-state index contributed by atoms with van der Waals surface area (Å²) in [5, 5.41) is 2.68. The molecule has 6 heteroatoms. The first-order valence-electron chi connectivity index (χ1n) is 5.86. The smallest absolute Gasteiger partial charge is 0.256 e. The van der Waals surface area contributed by atoms with E-state index in [1.54, 1.807) is 18.2 Å². The summed E-state index contributed by atoms with van der Waals surface area (Å²) in [6.07, 6.45) is 1.42. The highest BCUT2D eigenvalue weighted by Gasteiger charge is 2.11. The molecule has 0 radical (unpaired) electrons. The SMILES string of the molecule is COc1ccc(OC)c(NC(=O)c2cc[nH]c(=O)c2)c1. The largest absolute Gasteiger partial charge is 0.497 e. The van der Waals surface area contributed by atoms with Gasteiger partial charge in [-0.05, 0) is 18.2 Å². The Kier molecular flexibility index (Phi) is 4.05. The monoisotopic (exact) mass is 274 g/mol. The summed E-state index contributed by atoms with van der Waals surface area (Å²) < 4.78 is 10.3. The van der Waals surface area contributed by atoms with Gasteiger partial charge < -0.3 is 19.8 Å². The molecule has 1 amide bonds. The molecule has 0 saturated heterocycles. The highest BCUT2D eigenvalue weighted by Crippen LogP contribution is 2.29. The van der Waals surface area contributed by atoms with E-state index in [4.69, 9.17) is 9.47 Å². The van der Waals surface area contributed by atoms with E-state index in [1.165, 1.54) is 32.5 Å². The quantitative estimate of drug-likeness (QED) is 0.888.